The van der Waals surface area contributed by atoms with Gasteiger partial charge in [0.05, 0.1) is 11.1 Å². The molecule has 1 aromatic heterocycles. The van der Waals surface area contributed by atoms with Gasteiger partial charge >= 0.3 is 0 Å². The molecule has 0 spiro atoms. The Morgan fingerprint density at radius 3 is 2.53 bits per heavy atom. The van der Waals surface area contributed by atoms with Crippen LogP contribution >= 0.6 is 11.8 Å². The second kappa shape index (κ2) is 4.36. The molecule has 1 aromatic carbocycles. The van der Waals surface area contributed by atoms with E-state index < -0.39 is 0 Å². The monoisotopic (exact) mass is 217 g/mol. The molecule has 0 aliphatic carbocycles. The number of hydrogen-bond acceptors (Lipinski definition) is 3. The Kier molecular flexibility index (Phi) is 2.92. The number of nitrogens with zero attached hydrogens (tertiary/aromatic N) is 1. The Bertz CT molecular complexity index is 453. The van der Waals surface area contributed by atoms with E-state index in [0.29, 0.717) is 0 Å². The maximum Gasteiger partial charge on any atom is 0.147 e. The molecular formula is C12H11NOS. The van der Waals surface area contributed by atoms with Crippen LogP contribution in [-0.4, -0.2) is 10.1 Å². The van der Waals surface area contributed by atoms with Crippen molar-refractivity contribution in [2.75, 3.05) is 0 Å². The molecule has 2 nitrogen and oxygen atoms in total. The highest BCUT2D eigenvalue weighted by Gasteiger charge is 2.02. The largest absolute Gasteiger partial charge is 0.505 e. The summed E-state index contributed by atoms with van der Waals surface area (Å²) in [5.74, 6) is 0.225. The van der Waals surface area contributed by atoms with Crippen molar-refractivity contribution in [3.8, 4) is 5.75 Å². The van der Waals surface area contributed by atoms with Crippen LogP contribution in [0.25, 0.3) is 0 Å². The van der Waals surface area contributed by atoms with Crippen LogP contribution in [-0.2, 0) is 0 Å². The highest BCUT2D eigenvalue weighted by atomic mass is 32.2. The Balaban J connectivity index is 2.22. The second-order valence-corrected chi connectivity index (χ2v) is 4.37. The number of aromatic hydroxyl groups is 1. The van der Waals surface area contributed by atoms with Gasteiger partial charge in [-0.25, -0.2) is 0 Å². The summed E-state index contributed by atoms with van der Waals surface area (Å²) >= 11 is 1.53. The van der Waals surface area contributed by atoms with Gasteiger partial charge in [0.1, 0.15) is 5.75 Å². The molecule has 2 rings (SSSR count). The van der Waals surface area contributed by atoms with Crippen LogP contribution < -0.4 is 0 Å². The summed E-state index contributed by atoms with van der Waals surface area (Å²) in [7, 11) is 0. The molecule has 76 valence electrons. The number of benzene rings is 1. The van der Waals surface area contributed by atoms with Crippen LogP contribution in [0.3, 0.4) is 0 Å². The van der Waals surface area contributed by atoms with Gasteiger partial charge in [0.25, 0.3) is 0 Å². The molecule has 0 bridgehead atoms. The van der Waals surface area contributed by atoms with E-state index in [1.165, 1.54) is 23.5 Å². The van der Waals surface area contributed by atoms with Gasteiger partial charge in [0.15, 0.2) is 0 Å². The van der Waals surface area contributed by atoms with Crippen molar-refractivity contribution in [3.05, 3.63) is 48.3 Å². The lowest BCUT2D eigenvalue weighted by Crippen LogP contribution is -1.77. The van der Waals surface area contributed by atoms with Crippen molar-refractivity contribution in [2.24, 2.45) is 0 Å². The van der Waals surface area contributed by atoms with Crippen molar-refractivity contribution in [1.29, 1.82) is 0 Å². The van der Waals surface area contributed by atoms with Gasteiger partial charge in [-0.05, 0) is 25.1 Å². The quantitative estimate of drug-likeness (QED) is 0.838. The third-order valence-corrected chi connectivity index (χ3v) is 3.08. The van der Waals surface area contributed by atoms with Crippen molar-refractivity contribution in [1.82, 2.24) is 4.98 Å². The van der Waals surface area contributed by atoms with E-state index in [4.69, 9.17) is 0 Å². The highest BCUT2D eigenvalue weighted by Crippen LogP contribution is 2.33. The SMILES string of the molecule is Cc1ccc(Sc2ccncc2O)cc1. The zero-order chi connectivity index (χ0) is 10.7. The molecule has 3 heteroatoms. The van der Waals surface area contributed by atoms with Crippen LogP contribution in [0.5, 0.6) is 5.75 Å². The average molecular weight is 217 g/mol. The van der Waals surface area contributed by atoms with Crippen LogP contribution in [0.1, 0.15) is 5.56 Å². The molecule has 0 unspecified atom stereocenters. The van der Waals surface area contributed by atoms with Crippen LogP contribution in [0.15, 0.2) is 52.5 Å². The molecule has 0 fully saturated rings. The molecule has 0 aliphatic heterocycles. The topological polar surface area (TPSA) is 33.1 Å². The van der Waals surface area contributed by atoms with E-state index in [9.17, 15) is 5.11 Å². The summed E-state index contributed by atoms with van der Waals surface area (Å²) in [6, 6.07) is 10.0. The molecule has 0 saturated heterocycles. The maximum absolute atomic E-state index is 9.54. The summed E-state index contributed by atoms with van der Waals surface area (Å²) in [6.45, 7) is 2.05. The summed E-state index contributed by atoms with van der Waals surface area (Å²) in [4.78, 5) is 5.78. The zero-order valence-corrected chi connectivity index (χ0v) is 9.16. The molecule has 1 N–H and O–H groups in total. The summed E-state index contributed by atoms with van der Waals surface area (Å²) < 4.78 is 0. The van der Waals surface area contributed by atoms with Crippen LogP contribution in [0.4, 0.5) is 0 Å². The summed E-state index contributed by atoms with van der Waals surface area (Å²) in [5, 5.41) is 9.54. The molecule has 0 radical (unpaired) electrons. The Labute approximate surface area is 93.0 Å². The first-order chi connectivity index (χ1) is 7.25. The molecule has 0 saturated carbocycles. The molecule has 0 aliphatic rings. The minimum Gasteiger partial charge on any atom is -0.505 e. The Morgan fingerprint density at radius 1 is 1.13 bits per heavy atom. The predicted molar refractivity (Wildman–Crippen MR) is 61.2 cm³/mol. The van der Waals surface area contributed by atoms with E-state index in [1.54, 1.807) is 12.3 Å². The second-order valence-electron chi connectivity index (χ2n) is 3.26. The molecule has 15 heavy (non-hydrogen) atoms. The first-order valence-corrected chi connectivity index (χ1v) is 5.45. The van der Waals surface area contributed by atoms with Crippen molar-refractivity contribution >= 4 is 11.8 Å². The lowest BCUT2D eigenvalue weighted by Gasteiger charge is -2.03. The van der Waals surface area contributed by atoms with Crippen molar-refractivity contribution in [2.45, 2.75) is 16.7 Å². The fourth-order valence-electron chi connectivity index (χ4n) is 1.19. The fraction of sp³-hybridized carbons (Fsp3) is 0.0833. The molecule has 2 aromatic rings. The Hall–Kier alpha value is -1.48. The number of rotatable bonds is 2. The summed E-state index contributed by atoms with van der Waals surface area (Å²) in [5.41, 5.74) is 1.23. The minimum atomic E-state index is 0.225. The van der Waals surface area contributed by atoms with E-state index in [1.807, 2.05) is 12.1 Å². The first-order valence-electron chi connectivity index (χ1n) is 4.63. The van der Waals surface area contributed by atoms with Crippen LogP contribution in [0, 0.1) is 6.92 Å². The van der Waals surface area contributed by atoms with E-state index >= 15 is 0 Å². The molecule has 1 heterocycles. The van der Waals surface area contributed by atoms with Gasteiger partial charge in [0.2, 0.25) is 0 Å². The lowest BCUT2D eigenvalue weighted by atomic mass is 10.2. The third-order valence-electron chi connectivity index (χ3n) is 2.01. The average Bonchev–Trinajstić information content (AvgIpc) is 2.25. The van der Waals surface area contributed by atoms with Gasteiger partial charge in [-0.1, -0.05) is 29.5 Å². The van der Waals surface area contributed by atoms with Crippen LogP contribution in [0.2, 0.25) is 0 Å². The van der Waals surface area contributed by atoms with Crippen molar-refractivity contribution in [3.63, 3.8) is 0 Å². The van der Waals surface area contributed by atoms with Gasteiger partial charge < -0.3 is 5.11 Å². The molecule has 0 amide bonds. The van der Waals surface area contributed by atoms with Gasteiger partial charge in [0, 0.05) is 11.1 Å². The number of aromatic nitrogens is 1. The normalized spacial score (nSPS) is 10.2. The van der Waals surface area contributed by atoms with Gasteiger partial charge in [-0.2, -0.15) is 0 Å². The maximum atomic E-state index is 9.54. The van der Waals surface area contributed by atoms with E-state index in [-0.39, 0.29) is 5.75 Å². The molecular weight excluding hydrogens is 206 g/mol. The highest BCUT2D eigenvalue weighted by molar-refractivity contribution is 7.99. The van der Waals surface area contributed by atoms with Crippen molar-refractivity contribution < 1.29 is 5.11 Å². The van der Waals surface area contributed by atoms with Gasteiger partial charge in [-0.15, -0.1) is 0 Å². The number of hydrogen-bond donors (Lipinski definition) is 1. The van der Waals surface area contributed by atoms with Gasteiger partial charge in [-0.3, -0.25) is 4.98 Å². The standard InChI is InChI=1S/C12H11NOS/c1-9-2-4-10(5-3-9)15-12-6-7-13-8-11(12)14/h2-8,14H,1H3. The van der Waals surface area contributed by atoms with E-state index in [0.717, 1.165) is 9.79 Å². The number of pyridine rings is 1. The summed E-state index contributed by atoms with van der Waals surface area (Å²) in [6.07, 6.45) is 3.13. The minimum absolute atomic E-state index is 0.225. The van der Waals surface area contributed by atoms with E-state index in [2.05, 4.69) is 24.0 Å². The predicted octanol–water partition coefficient (Wildman–Crippen LogP) is 3.25. The third kappa shape index (κ3) is 2.50. The first kappa shape index (κ1) is 10.1. The smallest absolute Gasteiger partial charge is 0.147 e. The zero-order valence-electron chi connectivity index (χ0n) is 8.34. The lowest BCUT2D eigenvalue weighted by molar-refractivity contribution is 0.459. The number of aryl methyl sites for hydroxylation is 1. The molecule has 0 atom stereocenters. The fourth-order valence-corrected chi connectivity index (χ4v) is 2.01. The Morgan fingerprint density at radius 2 is 1.87 bits per heavy atom.